The maximum Gasteiger partial charge on any atom is 0.183 e. The molecule has 0 N–H and O–H groups in total. The molecule has 2 aliphatic heterocycles. The topological polar surface area (TPSA) is 30.9 Å². The van der Waals surface area contributed by atoms with Gasteiger partial charge in [-0.25, -0.2) is 4.84 Å². The van der Waals surface area contributed by atoms with Crippen molar-refractivity contribution in [3.8, 4) is 0 Å². The zero-order valence-corrected chi connectivity index (χ0v) is 13.4. The fraction of sp³-hybridized carbons (Fsp3) is 0.667. The lowest BCUT2D eigenvalue weighted by molar-refractivity contribution is -0.455. The van der Waals surface area contributed by atoms with Crippen LogP contribution in [-0.2, 0) is 14.4 Å². The van der Waals surface area contributed by atoms with Crippen LogP contribution in [-0.4, -0.2) is 30.3 Å². The van der Waals surface area contributed by atoms with Gasteiger partial charge >= 0.3 is 0 Å². The number of fused-ring (bicyclic) bond motifs is 1. The monoisotopic (exact) mass is 303 g/mol. The Morgan fingerprint density at radius 3 is 2.91 bits per heavy atom. The van der Waals surface area contributed by atoms with Gasteiger partial charge < -0.3 is 4.74 Å². The van der Waals surface area contributed by atoms with Crippen molar-refractivity contribution in [2.45, 2.75) is 50.9 Å². The number of hydroxylamine groups is 2. The molecule has 5 atom stereocenters. The van der Waals surface area contributed by atoms with Crippen molar-refractivity contribution in [2.24, 2.45) is 11.8 Å². The fourth-order valence-corrected chi connectivity index (χ4v) is 4.51. The number of hydrogen-bond donors (Lipinski definition) is 0. The second kappa shape index (κ2) is 5.60. The summed E-state index contributed by atoms with van der Waals surface area (Å²) in [5.74, 6) is 1.33. The van der Waals surface area contributed by atoms with Crippen molar-refractivity contribution < 1.29 is 14.4 Å². The quantitative estimate of drug-likeness (QED) is 0.779. The van der Waals surface area contributed by atoms with Crippen LogP contribution in [0.1, 0.15) is 44.6 Å². The average molecular weight is 303 g/mol. The van der Waals surface area contributed by atoms with Crippen LogP contribution < -0.4 is 0 Å². The number of ether oxygens (including phenoxy) is 1. The first-order valence-corrected chi connectivity index (χ1v) is 8.51. The minimum atomic E-state index is -0.185. The predicted molar refractivity (Wildman–Crippen MR) is 82.7 cm³/mol. The molecule has 1 saturated carbocycles. The Morgan fingerprint density at radius 1 is 1.32 bits per heavy atom. The van der Waals surface area contributed by atoms with Crippen molar-refractivity contribution in [2.75, 3.05) is 13.2 Å². The summed E-state index contributed by atoms with van der Waals surface area (Å²) in [6, 6.07) is 10.8. The molecule has 0 radical (unpaired) electrons. The third kappa shape index (κ3) is 2.05. The van der Waals surface area contributed by atoms with Crippen LogP contribution in [0.2, 0.25) is 0 Å². The lowest BCUT2D eigenvalue weighted by Gasteiger charge is -2.46. The summed E-state index contributed by atoms with van der Waals surface area (Å²) in [4.78, 5) is 11.9. The van der Waals surface area contributed by atoms with Gasteiger partial charge in [-0.15, -0.1) is 0 Å². The van der Waals surface area contributed by atoms with Crippen LogP contribution in [0, 0.1) is 11.8 Å². The Kier molecular flexibility index (Phi) is 3.73. The summed E-state index contributed by atoms with van der Waals surface area (Å²) in [5.41, 5.74) is 1.30. The lowest BCUT2D eigenvalue weighted by atomic mass is 9.76. The van der Waals surface area contributed by atoms with E-state index in [-0.39, 0.29) is 11.8 Å². The molecule has 0 aromatic heterocycles. The standard InChI is InChI=1S/C18H25NO3/c1-3-4-10-20-17-15-11-14-12-21-19(22-17)18(14,2)16(15)13-8-6-5-7-9-13/h5-9,14-17H,3-4,10-12H2,1-2H3/t14-,15-,16+,17-,18+/m1/s1. The van der Waals surface area contributed by atoms with Gasteiger partial charge in [-0.2, -0.15) is 0 Å². The Morgan fingerprint density at radius 2 is 2.14 bits per heavy atom. The molecule has 4 rings (SSSR count). The molecule has 3 aliphatic rings. The van der Waals surface area contributed by atoms with E-state index in [4.69, 9.17) is 14.4 Å². The highest BCUT2D eigenvalue weighted by Gasteiger charge is 2.66. The SMILES string of the molecule is CCCCO[C@@H]1ON2OC[C@H]3C[C@@H]1[C@H](c1ccccc1)[C@]32C. The van der Waals surface area contributed by atoms with Crippen LogP contribution in [0.15, 0.2) is 30.3 Å². The Balaban J connectivity index is 1.64. The van der Waals surface area contributed by atoms with E-state index in [0.717, 1.165) is 32.5 Å². The van der Waals surface area contributed by atoms with Crippen molar-refractivity contribution in [1.29, 1.82) is 0 Å². The first-order valence-electron chi connectivity index (χ1n) is 8.51. The minimum Gasteiger partial charge on any atom is -0.350 e. The largest absolute Gasteiger partial charge is 0.350 e. The van der Waals surface area contributed by atoms with Crippen LogP contribution in [0.3, 0.4) is 0 Å². The highest BCUT2D eigenvalue weighted by Crippen LogP contribution is 2.61. The first-order chi connectivity index (χ1) is 10.7. The molecule has 4 heteroatoms. The summed E-state index contributed by atoms with van der Waals surface area (Å²) >= 11 is 0. The number of hydrogen-bond acceptors (Lipinski definition) is 4. The number of unbranched alkanes of at least 4 members (excludes halogenated alkanes) is 1. The van der Waals surface area contributed by atoms with E-state index < -0.39 is 0 Å². The van der Waals surface area contributed by atoms with Crippen LogP contribution in [0.5, 0.6) is 0 Å². The maximum atomic E-state index is 6.06. The van der Waals surface area contributed by atoms with Gasteiger partial charge in [0.15, 0.2) is 6.29 Å². The van der Waals surface area contributed by atoms with Crippen LogP contribution in [0.25, 0.3) is 0 Å². The number of nitrogens with zero attached hydrogens (tertiary/aromatic N) is 1. The van der Waals surface area contributed by atoms with Gasteiger partial charge in [0, 0.05) is 24.4 Å². The second-order valence-electron chi connectivity index (χ2n) is 6.96. The third-order valence-corrected chi connectivity index (χ3v) is 5.72. The van der Waals surface area contributed by atoms with E-state index in [1.54, 1.807) is 5.23 Å². The Labute approximate surface area is 132 Å². The second-order valence-corrected chi connectivity index (χ2v) is 6.96. The minimum absolute atomic E-state index is 0.0728. The molecule has 2 bridgehead atoms. The average Bonchev–Trinajstić information content (AvgIpc) is 2.95. The summed E-state index contributed by atoms with van der Waals surface area (Å²) in [7, 11) is 0. The molecule has 1 aromatic carbocycles. The third-order valence-electron chi connectivity index (χ3n) is 5.72. The highest BCUT2D eigenvalue weighted by atomic mass is 17.0. The predicted octanol–water partition coefficient (Wildman–Crippen LogP) is 3.50. The van der Waals surface area contributed by atoms with Crippen molar-refractivity contribution in [3.63, 3.8) is 0 Å². The maximum absolute atomic E-state index is 6.06. The lowest BCUT2D eigenvalue weighted by Crippen LogP contribution is -2.54. The normalized spacial score (nSPS) is 40.3. The molecule has 4 nitrogen and oxygen atoms in total. The smallest absolute Gasteiger partial charge is 0.183 e. The zero-order valence-electron chi connectivity index (χ0n) is 13.4. The molecular weight excluding hydrogens is 278 g/mol. The summed E-state index contributed by atoms with van der Waals surface area (Å²) in [6.07, 6.45) is 3.14. The molecule has 0 amide bonds. The molecule has 1 aromatic rings. The summed E-state index contributed by atoms with van der Waals surface area (Å²) < 4.78 is 6.06. The summed E-state index contributed by atoms with van der Waals surface area (Å²) in [6.45, 7) is 5.98. The van der Waals surface area contributed by atoms with E-state index in [9.17, 15) is 0 Å². The van der Waals surface area contributed by atoms with Crippen molar-refractivity contribution in [3.05, 3.63) is 35.9 Å². The van der Waals surface area contributed by atoms with Gasteiger partial charge in [0.25, 0.3) is 0 Å². The van der Waals surface area contributed by atoms with E-state index in [1.807, 2.05) is 0 Å². The summed E-state index contributed by atoms with van der Waals surface area (Å²) in [5, 5.41) is 1.76. The fourth-order valence-electron chi connectivity index (χ4n) is 4.51. The van der Waals surface area contributed by atoms with Crippen molar-refractivity contribution >= 4 is 0 Å². The van der Waals surface area contributed by atoms with Crippen LogP contribution >= 0.6 is 0 Å². The number of rotatable bonds is 5. The van der Waals surface area contributed by atoms with E-state index in [2.05, 4.69) is 44.2 Å². The van der Waals surface area contributed by atoms with E-state index in [1.165, 1.54) is 5.56 Å². The van der Waals surface area contributed by atoms with Crippen LogP contribution in [0.4, 0.5) is 0 Å². The Bertz CT molecular complexity index is 522. The van der Waals surface area contributed by atoms with Gasteiger partial charge in [-0.3, -0.25) is 4.84 Å². The van der Waals surface area contributed by atoms with Gasteiger partial charge in [0.2, 0.25) is 0 Å². The van der Waals surface area contributed by atoms with Gasteiger partial charge in [-0.05, 0) is 25.3 Å². The molecule has 2 heterocycles. The first kappa shape index (κ1) is 14.6. The highest BCUT2D eigenvalue weighted by molar-refractivity contribution is 5.29. The van der Waals surface area contributed by atoms with E-state index >= 15 is 0 Å². The van der Waals surface area contributed by atoms with Gasteiger partial charge in [0.05, 0.1) is 12.1 Å². The molecule has 0 unspecified atom stereocenters. The van der Waals surface area contributed by atoms with Crippen molar-refractivity contribution in [1.82, 2.24) is 5.23 Å². The molecule has 2 saturated heterocycles. The molecular formula is C18H25NO3. The van der Waals surface area contributed by atoms with Gasteiger partial charge in [0.1, 0.15) is 0 Å². The zero-order chi connectivity index (χ0) is 15.2. The number of benzene rings is 1. The van der Waals surface area contributed by atoms with E-state index in [0.29, 0.717) is 17.8 Å². The molecule has 22 heavy (non-hydrogen) atoms. The Hall–Kier alpha value is -0.940. The molecule has 0 spiro atoms. The molecule has 120 valence electrons. The van der Waals surface area contributed by atoms with Gasteiger partial charge in [-0.1, -0.05) is 48.9 Å². The molecule has 1 aliphatic carbocycles. The molecule has 3 fully saturated rings.